The third-order valence-corrected chi connectivity index (χ3v) is 3.18. The first kappa shape index (κ1) is 13.6. The van der Waals surface area contributed by atoms with Crippen LogP contribution < -0.4 is 16.8 Å². The summed E-state index contributed by atoms with van der Waals surface area (Å²) in [6, 6.07) is 9.79. The number of rotatable bonds is 3. The van der Waals surface area contributed by atoms with Gasteiger partial charge in [-0.25, -0.2) is 4.39 Å². The van der Waals surface area contributed by atoms with Crippen LogP contribution in [0.1, 0.15) is 10.4 Å². The molecule has 98 valence electrons. The van der Waals surface area contributed by atoms with Crippen LogP contribution in [0.3, 0.4) is 0 Å². The minimum atomic E-state index is -0.691. The zero-order valence-corrected chi connectivity index (χ0v) is 11.9. The number of amides is 1. The fraction of sp³-hybridized carbons (Fsp3) is 0. The average Bonchev–Trinajstić information content (AvgIpc) is 2.32. The van der Waals surface area contributed by atoms with E-state index in [9.17, 15) is 9.18 Å². The molecule has 0 atom stereocenters. The molecule has 0 aliphatic rings. The molecule has 0 saturated carbocycles. The van der Waals surface area contributed by atoms with Crippen LogP contribution >= 0.6 is 22.6 Å². The van der Waals surface area contributed by atoms with Gasteiger partial charge in [-0.2, -0.15) is 0 Å². The van der Waals surface area contributed by atoms with Gasteiger partial charge in [0.05, 0.1) is 11.3 Å². The van der Waals surface area contributed by atoms with Crippen molar-refractivity contribution in [2.45, 2.75) is 0 Å². The Kier molecular flexibility index (Phi) is 3.89. The fourth-order valence-electron chi connectivity index (χ4n) is 1.62. The van der Waals surface area contributed by atoms with E-state index in [1.54, 1.807) is 6.07 Å². The van der Waals surface area contributed by atoms with E-state index >= 15 is 0 Å². The third-order valence-electron chi connectivity index (χ3n) is 2.51. The number of hydrogen-bond acceptors (Lipinski definition) is 3. The van der Waals surface area contributed by atoms with Gasteiger partial charge in [0.25, 0.3) is 5.91 Å². The quantitative estimate of drug-likeness (QED) is 0.573. The molecule has 5 N–H and O–H groups in total. The molecule has 0 aliphatic carbocycles. The van der Waals surface area contributed by atoms with Crippen LogP contribution in [0.25, 0.3) is 0 Å². The van der Waals surface area contributed by atoms with E-state index in [0.717, 1.165) is 9.64 Å². The first-order valence-corrected chi connectivity index (χ1v) is 6.46. The van der Waals surface area contributed by atoms with Gasteiger partial charge in [0.15, 0.2) is 0 Å². The van der Waals surface area contributed by atoms with Crippen molar-refractivity contribution in [1.82, 2.24) is 0 Å². The van der Waals surface area contributed by atoms with E-state index in [0.29, 0.717) is 5.69 Å². The Labute approximate surface area is 123 Å². The first-order valence-electron chi connectivity index (χ1n) is 5.39. The predicted molar refractivity (Wildman–Crippen MR) is 81.8 cm³/mol. The van der Waals surface area contributed by atoms with Crippen molar-refractivity contribution >= 4 is 45.6 Å². The van der Waals surface area contributed by atoms with Crippen molar-refractivity contribution in [3.63, 3.8) is 0 Å². The van der Waals surface area contributed by atoms with Gasteiger partial charge in [-0.1, -0.05) is 6.07 Å². The van der Waals surface area contributed by atoms with Crippen molar-refractivity contribution in [3.8, 4) is 0 Å². The lowest BCUT2D eigenvalue weighted by Crippen LogP contribution is -2.14. The highest BCUT2D eigenvalue weighted by Gasteiger charge is 2.12. The van der Waals surface area contributed by atoms with Crippen molar-refractivity contribution < 1.29 is 9.18 Å². The standard InChI is InChI=1S/C13H11FIN3O/c14-10-6-11(16)9(13(17)19)5-12(10)18-8-3-1-2-7(15)4-8/h1-6,18H,16H2,(H2,17,19). The Balaban J connectivity index is 2.40. The Hall–Kier alpha value is -1.83. The molecule has 0 spiro atoms. The summed E-state index contributed by atoms with van der Waals surface area (Å²) in [4.78, 5) is 11.2. The van der Waals surface area contributed by atoms with Crippen LogP contribution in [0.15, 0.2) is 36.4 Å². The van der Waals surface area contributed by atoms with E-state index in [-0.39, 0.29) is 16.9 Å². The fourth-order valence-corrected chi connectivity index (χ4v) is 2.16. The minimum Gasteiger partial charge on any atom is -0.398 e. The molecule has 0 saturated heterocycles. The summed E-state index contributed by atoms with van der Waals surface area (Å²) in [5, 5.41) is 2.89. The van der Waals surface area contributed by atoms with Crippen molar-refractivity contribution in [3.05, 3.63) is 51.3 Å². The molecule has 0 unspecified atom stereocenters. The van der Waals surface area contributed by atoms with E-state index in [1.165, 1.54) is 6.07 Å². The number of anilines is 3. The largest absolute Gasteiger partial charge is 0.398 e. The van der Waals surface area contributed by atoms with Crippen LogP contribution in [0.4, 0.5) is 21.5 Å². The second-order valence-corrected chi connectivity index (χ2v) is 5.16. The predicted octanol–water partition coefficient (Wildman–Crippen LogP) is 2.85. The molecular weight excluding hydrogens is 360 g/mol. The van der Waals surface area contributed by atoms with Crippen LogP contribution in [-0.2, 0) is 0 Å². The Morgan fingerprint density at radius 2 is 2.00 bits per heavy atom. The molecule has 0 aliphatic heterocycles. The lowest BCUT2D eigenvalue weighted by molar-refractivity contribution is 0.100. The molecule has 0 radical (unpaired) electrons. The summed E-state index contributed by atoms with van der Waals surface area (Å²) in [6.07, 6.45) is 0. The zero-order valence-electron chi connectivity index (χ0n) is 9.78. The Morgan fingerprint density at radius 1 is 1.26 bits per heavy atom. The maximum atomic E-state index is 13.8. The summed E-state index contributed by atoms with van der Waals surface area (Å²) in [6.45, 7) is 0. The number of hydrogen-bond donors (Lipinski definition) is 3. The number of halogens is 2. The van der Waals surface area contributed by atoms with E-state index < -0.39 is 11.7 Å². The SMILES string of the molecule is NC(=O)c1cc(Nc2cccc(I)c2)c(F)cc1N. The molecule has 0 bridgehead atoms. The summed E-state index contributed by atoms with van der Waals surface area (Å²) in [5.41, 5.74) is 11.7. The number of primary amides is 1. The molecule has 2 aromatic carbocycles. The number of carbonyl (C=O) groups excluding carboxylic acids is 1. The monoisotopic (exact) mass is 371 g/mol. The zero-order chi connectivity index (χ0) is 14.0. The molecule has 0 heterocycles. The van der Waals surface area contributed by atoms with Gasteiger partial charge in [0.1, 0.15) is 5.82 Å². The molecule has 2 rings (SSSR count). The lowest BCUT2D eigenvalue weighted by atomic mass is 10.1. The number of benzene rings is 2. The van der Waals surface area contributed by atoms with Gasteiger partial charge in [-0.3, -0.25) is 4.79 Å². The number of nitrogens with one attached hydrogen (secondary N) is 1. The molecule has 19 heavy (non-hydrogen) atoms. The normalized spacial score (nSPS) is 10.2. The number of nitrogen functional groups attached to an aromatic ring is 1. The Morgan fingerprint density at radius 3 is 2.63 bits per heavy atom. The molecular formula is C13H11FIN3O. The minimum absolute atomic E-state index is 0.0261. The topological polar surface area (TPSA) is 81.1 Å². The van der Waals surface area contributed by atoms with E-state index in [4.69, 9.17) is 11.5 Å². The summed E-state index contributed by atoms with van der Waals surface area (Å²) in [7, 11) is 0. The highest BCUT2D eigenvalue weighted by atomic mass is 127. The van der Waals surface area contributed by atoms with Crippen LogP contribution in [0, 0.1) is 9.39 Å². The van der Waals surface area contributed by atoms with E-state index in [1.807, 2.05) is 18.2 Å². The highest BCUT2D eigenvalue weighted by molar-refractivity contribution is 14.1. The van der Waals surface area contributed by atoms with Crippen LogP contribution in [-0.4, -0.2) is 5.91 Å². The van der Waals surface area contributed by atoms with Crippen molar-refractivity contribution in [2.75, 3.05) is 11.1 Å². The van der Waals surface area contributed by atoms with Gasteiger partial charge < -0.3 is 16.8 Å². The number of carbonyl (C=O) groups is 1. The lowest BCUT2D eigenvalue weighted by Gasteiger charge is -2.11. The molecule has 6 heteroatoms. The van der Waals surface area contributed by atoms with E-state index in [2.05, 4.69) is 27.9 Å². The van der Waals surface area contributed by atoms with Crippen molar-refractivity contribution in [2.24, 2.45) is 5.73 Å². The van der Waals surface area contributed by atoms with Gasteiger partial charge in [0, 0.05) is 14.9 Å². The maximum absolute atomic E-state index is 13.8. The molecule has 0 aromatic heterocycles. The van der Waals surface area contributed by atoms with Gasteiger partial charge in [-0.05, 0) is 52.9 Å². The van der Waals surface area contributed by atoms with Crippen LogP contribution in [0.2, 0.25) is 0 Å². The Bertz CT molecular complexity index is 646. The smallest absolute Gasteiger partial charge is 0.250 e. The average molecular weight is 371 g/mol. The van der Waals surface area contributed by atoms with Gasteiger partial charge in [-0.15, -0.1) is 0 Å². The summed E-state index contributed by atoms with van der Waals surface area (Å²) >= 11 is 2.15. The second kappa shape index (κ2) is 5.43. The van der Waals surface area contributed by atoms with Crippen LogP contribution in [0.5, 0.6) is 0 Å². The van der Waals surface area contributed by atoms with Gasteiger partial charge >= 0.3 is 0 Å². The molecule has 1 amide bonds. The molecule has 0 fully saturated rings. The highest BCUT2D eigenvalue weighted by Crippen LogP contribution is 2.25. The molecule has 4 nitrogen and oxygen atoms in total. The maximum Gasteiger partial charge on any atom is 0.250 e. The second-order valence-electron chi connectivity index (χ2n) is 3.92. The summed E-state index contributed by atoms with van der Waals surface area (Å²) < 4.78 is 14.8. The molecule has 2 aromatic rings. The third kappa shape index (κ3) is 3.14. The summed E-state index contributed by atoms with van der Waals surface area (Å²) in [5.74, 6) is -1.23. The van der Waals surface area contributed by atoms with Crippen molar-refractivity contribution in [1.29, 1.82) is 0 Å². The van der Waals surface area contributed by atoms with Gasteiger partial charge in [0.2, 0.25) is 0 Å². The first-order chi connectivity index (χ1) is 8.97. The number of nitrogens with two attached hydrogens (primary N) is 2.